The average Bonchev–Trinajstić information content (AvgIpc) is 2.61. The number of hydrogen-bond acceptors (Lipinski definition) is 3. The largest absolute Gasteiger partial charge is 0.349 e. The summed E-state index contributed by atoms with van der Waals surface area (Å²) in [6, 6.07) is 15.3. The Morgan fingerprint density at radius 2 is 1.68 bits per heavy atom. The fraction of sp³-hybridized carbons (Fsp3) is 0.316. The second kappa shape index (κ2) is 8.27. The summed E-state index contributed by atoms with van der Waals surface area (Å²) in [5.41, 5.74) is 1.20. The molecule has 2 N–H and O–H groups in total. The van der Waals surface area contributed by atoms with Gasteiger partial charge in [-0.3, -0.25) is 4.79 Å². The van der Waals surface area contributed by atoms with Gasteiger partial charge in [-0.05, 0) is 36.6 Å². The van der Waals surface area contributed by atoms with Crippen LogP contribution in [0.25, 0.3) is 0 Å². The third kappa shape index (κ3) is 5.41. The number of carbonyl (C=O) groups excluding carboxylic acids is 1. The molecule has 5 nitrogen and oxygen atoms in total. The molecule has 0 spiro atoms. The first kappa shape index (κ1) is 19.1. The molecule has 0 fully saturated rings. The highest BCUT2D eigenvalue weighted by atomic mass is 32.2. The second-order valence-corrected chi connectivity index (χ2v) is 8.11. The van der Waals surface area contributed by atoms with Gasteiger partial charge in [0, 0.05) is 18.2 Å². The Balaban J connectivity index is 2.12. The van der Waals surface area contributed by atoms with E-state index in [1.54, 1.807) is 12.1 Å². The minimum atomic E-state index is -3.69. The van der Waals surface area contributed by atoms with Crippen molar-refractivity contribution in [3.8, 4) is 0 Å². The van der Waals surface area contributed by atoms with Crippen LogP contribution < -0.4 is 10.0 Å². The quantitative estimate of drug-likeness (QED) is 0.797. The van der Waals surface area contributed by atoms with Crippen molar-refractivity contribution in [2.45, 2.75) is 38.3 Å². The molecule has 1 unspecified atom stereocenters. The van der Waals surface area contributed by atoms with Crippen LogP contribution in [0.15, 0.2) is 59.5 Å². The maximum atomic E-state index is 12.5. The molecule has 0 bridgehead atoms. The lowest BCUT2D eigenvalue weighted by atomic mass is 10.1. The predicted octanol–water partition coefficient (Wildman–Crippen LogP) is 2.94. The molecule has 25 heavy (non-hydrogen) atoms. The van der Waals surface area contributed by atoms with E-state index in [4.69, 9.17) is 0 Å². The number of sulfonamides is 1. The van der Waals surface area contributed by atoms with Crippen molar-refractivity contribution in [3.05, 3.63) is 65.7 Å². The average molecular weight is 360 g/mol. The summed E-state index contributed by atoms with van der Waals surface area (Å²) in [4.78, 5) is 12.4. The molecule has 0 saturated heterocycles. The Labute approximate surface area is 149 Å². The summed E-state index contributed by atoms with van der Waals surface area (Å²) in [6.07, 6.45) is 0. The van der Waals surface area contributed by atoms with E-state index in [2.05, 4.69) is 10.0 Å². The summed E-state index contributed by atoms with van der Waals surface area (Å²) in [5, 5.41) is 2.88. The van der Waals surface area contributed by atoms with Gasteiger partial charge < -0.3 is 5.32 Å². The lowest BCUT2D eigenvalue weighted by Gasteiger charge is -2.17. The summed E-state index contributed by atoms with van der Waals surface area (Å²) < 4.78 is 27.5. The Kier molecular flexibility index (Phi) is 6.33. The molecule has 2 rings (SSSR count). The van der Waals surface area contributed by atoms with E-state index in [-0.39, 0.29) is 23.4 Å². The third-order valence-electron chi connectivity index (χ3n) is 4.07. The first-order valence-corrected chi connectivity index (χ1v) is 9.72. The van der Waals surface area contributed by atoms with Gasteiger partial charge in [-0.2, -0.15) is 0 Å². The van der Waals surface area contributed by atoms with Gasteiger partial charge in [-0.25, -0.2) is 13.1 Å². The number of hydrogen-bond donors (Lipinski definition) is 2. The Morgan fingerprint density at radius 3 is 2.32 bits per heavy atom. The van der Waals surface area contributed by atoms with Gasteiger partial charge in [0.25, 0.3) is 5.91 Å². The zero-order chi connectivity index (χ0) is 18.4. The molecule has 0 aromatic heterocycles. The molecule has 0 heterocycles. The highest BCUT2D eigenvalue weighted by molar-refractivity contribution is 7.89. The molecule has 0 aliphatic rings. The van der Waals surface area contributed by atoms with Crippen LogP contribution in [-0.2, 0) is 16.6 Å². The lowest BCUT2D eigenvalue weighted by molar-refractivity contribution is 0.0930. The fourth-order valence-corrected chi connectivity index (χ4v) is 3.18. The number of nitrogens with one attached hydrogen (secondary N) is 2. The van der Waals surface area contributed by atoms with Crippen LogP contribution in [-0.4, -0.2) is 20.4 Å². The van der Waals surface area contributed by atoms with Crippen LogP contribution >= 0.6 is 0 Å². The lowest BCUT2D eigenvalue weighted by Crippen LogP contribution is -2.36. The van der Waals surface area contributed by atoms with Crippen molar-refractivity contribution in [2.24, 2.45) is 5.92 Å². The molecule has 134 valence electrons. The van der Waals surface area contributed by atoms with Gasteiger partial charge in [0.1, 0.15) is 0 Å². The molecule has 2 aromatic carbocycles. The molecule has 2 aromatic rings. The molecule has 0 radical (unpaired) electrons. The minimum absolute atomic E-state index is 0.00367. The molecular formula is C19H24N2O3S. The SMILES string of the molecule is CC(C)C(C)NC(=O)c1cccc(S(=O)(=O)NCc2ccccc2)c1. The molecule has 6 heteroatoms. The van der Waals surface area contributed by atoms with Crippen LogP contribution in [0.2, 0.25) is 0 Å². The first-order chi connectivity index (χ1) is 11.8. The maximum Gasteiger partial charge on any atom is 0.251 e. The molecule has 0 saturated carbocycles. The molecule has 1 atom stereocenters. The Bertz CT molecular complexity index is 818. The van der Waals surface area contributed by atoms with Gasteiger partial charge in [-0.1, -0.05) is 50.2 Å². The third-order valence-corrected chi connectivity index (χ3v) is 5.47. The molecule has 0 aliphatic heterocycles. The van der Waals surface area contributed by atoms with E-state index in [1.165, 1.54) is 12.1 Å². The van der Waals surface area contributed by atoms with Crippen molar-refractivity contribution in [2.75, 3.05) is 0 Å². The van der Waals surface area contributed by atoms with Crippen LogP contribution in [0.3, 0.4) is 0 Å². The van der Waals surface area contributed by atoms with Gasteiger partial charge >= 0.3 is 0 Å². The fourth-order valence-electron chi connectivity index (χ4n) is 2.12. The molecular weight excluding hydrogens is 336 g/mol. The Morgan fingerprint density at radius 1 is 1.00 bits per heavy atom. The highest BCUT2D eigenvalue weighted by Crippen LogP contribution is 2.13. The van der Waals surface area contributed by atoms with E-state index in [0.717, 1.165) is 5.56 Å². The standard InChI is InChI=1S/C19H24N2O3S/c1-14(2)15(3)21-19(22)17-10-7-11-18(12-17)25(23,24)20-13-16-8-5-4-6-9-16/h4-12,14-15,20H,13H2,1-3H3,(H,21,22). The zero-order valence-corrected chi connectivity index (χ0v) is 15.5. The van der Waals surface area contributed by atoms with E-state index in [9.17, 15) is 13.2 Å². The van der Waals surface area contributed by atoms with Crippen molar-refractivity contribution in [1.29, 1.82) is 0 Å². The van der Waals surface area contributed by atoms with Crippen LogP contribution in [0, 0.1) is 5.92 Å². The minimum Gasteiger partial charge on any atom is -0.349 e. The smallest absolute Gasteiger partial charge is 0.251 e. The van der Waals surface area contributed by atoms with Gasteiger partial charge in [-0.15, -0.1) is 0 Å². The monoisotopic (exact) mass is 360 g/mol. The van der Waals surface area contributed by atoms with Crippen LogP contribution in [0.1, 0.15) is 36.7 Å². The number of rotatable bonds is 7. The summed E-state index contributed by atoms with van der Waals surface area (Å²) in [6.45, 7) is 6.15. The number of benzene rings is 2. The highest BCUT2D eigenvalue weighted by Gasteiger charge is 2.17. The van der Waals surface area contributed by atoms with E-state index >= 15 is 0 Å². The van der Waals surface area contributed by atoms with Gasteiger partial charge in [0.05, 0.1) is 4.90 Å². The topological polar surface area (TPSA) is 75.3 Å². The van der Waals surface area contributed by atoms with Crippen LogP contribution in [0.4, 0.5) is 0 Å². The predicted molar refractivity (Wildman–Crippen MR) is 98.7 cm³/mol. The normalized spacial score (nSPS) is 12.8. The van der Waals surface area contributed by atoms with Gasteiger partial charge in [0.2, 0.25) is 10.0 Å². The van der Waals surface area contributed by atoms with Gasteiger partial charge in [0.15, 0.2) is 0 Å². The van der Waals surface area contributed by atoms with Crippen molar-refractivity contribution in [3.63, 3.8) is 0 Å². The molecule has 0 aliphatic carbocycles. The van der Waals surface area contributed by atoms with E-state index in [1.807, 2.05) is 51.1 Å². The molecule has 1 amide bonds. The van der Waals surface area contributed by atoms with Crippen molar-refractivity contribution < 1.29 is 13.2 Å². The zero-order valence-electron chi connectivity index (χ0n) is 14.7. The maximum absolute atomic E-state index is 12.5. The van der Waals surface area contributed by atoms with E-state index < -0.39 is 10.0 Å². The number of carbonyl (C=O) groups is 1. The van der Waals surface area contributed by atoms with Crippen LogP contribution in [0.5, 0.6) is 0 Å². The van der Waals surface area contributed by atoms with Crippen molar-refractivity contribution in [1.82, 2.24) is 10.0 Å². The Hall–Kier alpha value is -2.18. The second-order valence-electron chi connectivity index (χ2n) is 6.34. The number of amides is 1. The van der Waals surface area contributed by atoms with Crippen molar-refractivity contribution >= 4 is 15.9 Å². The van der Waals surface area contributed by atoms with E-state index in [0.29, 0.717) is 11.5 Å². The first-order valence-electron chi connectivity index (χ1n) is 8.24. The summed E-state index contributed by atoms with van der Waals surface area (Å²) in [7, 11) is -3.69. The summed E-state index contributed by atoms with van der Waals surface area (Å²) in [5.74, 6) is 0.0183. The summed E-state index contributed by atoms with van der Waals surface area (Å²) >= 11 is 0.